The number of anilines is 1. The smallest absolute Gasteiger partial charge is 0.283 e. The lowest BCUT2D eigenvalue weighted by Crippen LogP contribution is -2.43. The normalized spacial score (nSPS) is 17.6. The number of aromatic nitrogens is 2. The van der Waals surface area contributed by atoms with Crippen LogP contribution in [0.15, 0.2) is 15.5 Å². The topological polar surface area (TPSA) is 67.2 Å². The first kappa shape index (κ1) is 13.5. The number of aliphatic hydroxyl groups is 1. The molecule has 1 saturated carbocycles. The van der Waals surface area contributed by atoms with Gasteiger partial charge in [-0.3, -0.25) is 4.79 Å². The van der Waals surface area contributed by atoms with E-state index in [0.717, 1.165) is 19.3 Å². The van der Waals surface area contributed by atoms with Gasteiger partial charge in [0.25, 0.3) is 5.56 Å². The van der Waals surface area contributed by atoms with Crippen LogP contribution in [0.2, 0.25) is 0 Å². The average Bonchev–Trinajstić information content (AvgIpc) is 2.28. The molecule has 2 N–H and O–H groups in total. The highest BCUT2D eigenvalue weighted by atomic mass is 79.9. The Bertz CT molecular complexity index is 495. The molecule has 0 saturated heterocycles. The van der Waals surface area contributed by atoms with Crippen molar-refractivity contribution in [2.45, 2.75) is 44.8 Å². The fraction of sp³-hybridized carbons (Fsp3) is 0.667. The van der Waals surface area contributed by atoms with Gasteiger partial charge in [0.1, 0.15) is 4.47 Å². The van der Waals surface area contributed by atoms with Gasteiger partial charge in [0.05, 0.1) is 23.5 Å². The number of hydrogen-bond donors (Lipinski definition) is 2. The van der Waals surface area contributed by atoms with Crippen molar-refractivity contribution >= 4 is 21.6 Å². The Morgan fingerprint density at radius 2 is 2.28 bits per heavy atom. The molecule has 1 aromatic rings. The van der Waals surface area contributed by atoms with Crippen LogP contribution in [-0.4, -0.2) is 27.0 Å². The van der Waals surface area contributed by atoms with Gasteiger partial charge in [0, 0.05) is 6.54 Å². The van der Waals surface area contributed by atoms with Crippen molar-refractivity contribution in [2.24, 2.45) is 0 Å². The zero-order valence-corrected chi connectivity index (χ0v) is 12.2. The third-order valence-corrected chi connectivity index (χ3v) is 4.09. The van der Waals surface area contributed by atoms with Crippen molar-refractivity contribution in [3.63, 3.8) is 0 Å². The summed E-state index contributed by atoms with van der Waals surface area (Å²) in [5.74, 6) is 0. The van der Waals surface area contributed by atoms with Crippen molar-refractivity contribution in [2.75, 3.05) is 11.9 Å². The highest BCUT2D eigenvalue weighted by Gasteiger charge is 2.34. The van der Waals surface area contributed by atoms with E-state index >= 15 is 0 Å². The summed E-state index contributed by atoms with van der Waals surface area (Å²) in [5, 5.41) is 17.2. The van der Waals surface area contributed by atoms with Crippen molar-refractivity contribution in [1.82, 2.24) is 9.78 Å². The summed E-state index contributed by atoms with van der Waals surface area (Å²) in [5.41, 5.74) is -0.139. The first-order valence-corrected chi connectivity index (χ1v) is 6.96. The van der Waals surface area contributed by atoms with Gasteiger partial charge in [-0.25, -0.2) is 4.68 Å². The van der Waals surface area contributed by atoms with Crippen LogP contribution in [0.4, 0.5) is 5.69 Å². The van der Waals surface area contributed by atoms with E-state index in [1.807, 2.05) is 13.8 Å². The monoisotopic (exact) mass is 315 g/mol. The Morgan fingerprint density at radius 1 is 1.61 bits per heavy atom. The van der Waals surface area contributed by atoms with Gasteiger partial charge in [0.2, 0.25) is 0 Å². The summed E-state index contributed by atoms with van der Waals surface area (Å²) in [6, 6.07) is 0.0265. The lowest BCUT2D eigenvalue weighted by molar-refractivity contribution is -0.0202. The molecule has 18 heavy (non-hydrogen) atoms. The maximum absolute atomic E-state index is 12.0. The molecular formula is C12H18BrN3O2. The van der Waals surface area contributed by atoms with Crippen molar-refractivity contribution in [3.8, 4) is 0 Å². The Kier molecular flexibility index (Phi) is 3.77. The van der Waals surface area contributed by atoms with E-state index in [4.69, 9.17) is 0 Å². The van der Waals surface area contributed by atoms with Crippen LogP contribution < -0.4 is 10.9 Å². The van der Waals surface area contributed by atoms with E-state index in [2.05, 4.69) is 26.3 Å². The lowest BCUT2D eigenvalue weighted by Gasteiger charge is -2.36. The van der Waals surface area contributed by atoms with Gasteiger partial charge in [0.15, 0.2) is 0 Å². The van der Waals surface area contributed by atoms with Gasteiger partial charge < -0.3 is 10.4 Å². The summed E-state index contributed by atoms with van der Waals surface area (Å²) in [6.45, 7) is 4.27. The lowest BCUT2D eigenvalue weighted by atomic mass is 9.80. The number of hydrogen-bond acceptors (Lipinski definition) is 4. The summed E-state index contributed by atoms with van der Waals surface area (Å²) in [6.07, 6.45) is 4.31. The second-order valence-electron chi connectivity index (χ2n) is 5.15. The maximum Gasteiger partial charge on any atom is 0.283 e. The van der Waals surface area contributed by atoms with Crippen LogP contribution in [0.3, 0.4) is 0 Å². The molecule has 0 aromatic carbocycles. The van der Waals surface area contributed by atoms with E-state index in [9.17, 15) is 9.90 Å². The highest BCUT2D eigenvalue weighted by molar-refractivity contribution is 9.10. The Labute approximate surface area is 114 Å². The minimum absolute atomic E-state index is 0.0265. The van der Waals surface area contributed by atoms with Crippen molar-refractivity contribution in [1.29, 1.82) is 0 Å². The molecule has 0 bridgehead atoms. The number of halogens is 1. The second kappa shape index (κ2) is 5.01. The third kappa shape index (κ3) is 2.59. The summed E-state index contributed by atoms with van der Waals surface area (Å²) < 4.78 is 1.89. The number of nitrogens with zero attached hydrogens (tertiary/aromatic N) is 2. The molecule has 1 heterocycles. The van der Waals surface area contributed by atoms with Gasteiger partial charge in [-0.1, -0.05) is 0 Å². The molecule has 0 atom stereocenters. The molecule has 0 radical (unpaired) electrons. The molecule has 0 aliphatic heterocycles. The quantitative estimate of drug-likeness (QED) is 0.890. The van der Waals surface area contributed by atoms with Crippen LogP contribution in [0, 0.1) is 0 Å². The third-order valence-electron chi connectivity index (χ3n) is 3.32. The van der Waals surface area contributed by atoms with E-state index in [0.29, 0.717) is 16.7 Å². The summed E-state index contributed by atoms with van der Waals surface area (Å²) in [7, 11) is 0. The zero-order chi connectivity index (χ0) is 13.3. The number of rotatable bonds is 4. The average molecular weight is 316 g/mol. The minimum atomic E-state index is -0.619. The Morgan fingerprint density at radius 3 is 2.78 bits per heavy atom. The van der Waals surface area contributed by atoms with Crippen LogP contribution in [0.1, 0.15) is 39.2 Å². The van der Waals surface area contributed by atoms with Gasteiger partial charge in [-0.15, -0.1) is 0 Å². The van der Waals surface area contributed by atoms with E-state index in [1.165, 1.54) is 4.68 Å². The summed E-state index contributed by atoms with van der Waals surface area (Å²) in [4.78, 5) is 12.0. The molecule has 100 valence electrons. The maximum atomic E-state index is 12.0. The predicted molar refractivity (Wildman–Crippen MR) is 73.9 cm³/mol. The molecule has 0 spiro atoms. The van der Waals surface area contributed by atoms with E-state index in [-0.39, 0.29) is 11.6 Å². The standard InChI is InChI=1S/C12H18BrN3O2/c1-8(2)16-11(17)10(13)9(6-15-16)14-7-12(18)4-3-5-12/h6,8,14,18H,3-5,7H2,1-2H3. The van der Waals surface area contributed by atoms with Gasteiger partial charge >= 0.3 is 0 Å². The predicted octanol–water partition coefficient (Wildman–Crippen LogP) is 1.91. The van der Waals surface area contributed by atoms with Gasteiger partial charge in [-0.05, 0) is 49.0 Å². The molecule has 0 unspecified atom stereocenters. The molecule has 1 aromatic heterocycles. The highest BCUT2D eigenvalue weighted by Crippen LogP contribution is 2.32. The van der Waals surface area contributed by atoms with Crippen LogP contribution in [-0.2, 0) is 0 Å². The molecule has 2 rings (SSSR count). The largest absolute Gasteiger partial charge is 0.388 e. The minimum Gasteiger partial charge on any atom is -0.388 e. The van der Waals surface area contributed by atoms with Crippen LogP contribution in [0.25, 0.3) is 0 Å². The first-order valence-electron chi connectivity index (χ1n) is 6.16. The zero-order valence-electron chi connectivity index (χ0n) is 10.6. The molecular weight excluding hydrogens is 298 g/mol. The Balaban J connectivity index is 2.14. The summed E-state index contributed by atoms with van der Waals surface area (Å²) >= 11 is 3.29. The SMILES string of the molecule is CC(C)n1ncc(NCC2(O)CCC2)c(Br)c1=O. The van der Waals surface area contributed by atoms with E-state index < -0.39 is 5.60 Å². The molecule has 6 heteroatoms. The molecule has 1 aliphatic rings. The Hall–Kier alpha value is -0.880. The van der Waals surface area contributed by atoms with Gasteiger partial charge in [-0.2, -0.15) is 5.10 Å². The van der Waals surface area contributed by atoms with Crippen molar-refractivity contribution in [3.05, 3.63) is 21.0 Å². The molecule has 0 amide bonds. The van der Waals surface area contributed by atoms with Crippen LogP contribution >= 0.6 is 15.9 Å². The number of nitrogens with one attached hydrogen (secondary N) is 1. The van der Waals surface area contributed by atoms with Crippen LogP contribution in [0.5, 0.6) is 0 Å². The second-order valence-corrected chi connectivity index (χ2v) is 5.94. The molecule has 5 nitrogen and oxygen atoms in total. The van der Waals surface area contributed by atoms with Crippen molar-refractivity contribution < 1.29 is 5.11 Å². The molecule has 1 aliphatic carbocycles. The first-order chi connectivity index (χ1) is 8.43. The fourth-order valence-electron chi connectivity index (χ4n) is 1.96. The fourth-order valence-corrected chi connectivity index (χ4v) is 2.38. The van der Waals surface area contributed by atoms with E-state index in [1.54, 1.807) is 6.20 Å². The molecule has 1 fully saturated rings.